The van der Waals surface area contributed by atoms with Crippen LogP contribution in [0.4, 0.5) is 0 Å². The highest BCUT2D eigenvalue weighted by atomic mass is 16.5. The van der Waals surface area contributed by atoms with Gasteiger partial charge < -0.3 is 19.9 Å². The largest absolute Gasteiger partial charge is 0.461 e. The van der Waals surface area contributed by atoms with E-state index in [0.717, 1.165) is 51.5 Å². The molecule has 0 spiro atoms. The zero-order valence-electron chi connectivity index (χ0n) is 26.9. The van der Waals surface area contributed by atoms with Gasteiger partial charge in [0.05, 0.1) is 17.3 Å². The molecule has 2 N–H and O–H groups in total. The molecule has 5 nitrogen and oxygen atoms in total. The lowest BCUT2D eigenvalue weighted by atomic mass is 9.35. The number of rotatable bonds is 3. The molecule has 2 aliphatic heterocycles. The number of carbonyl (C=O) groups excluding carboxylic acids is 1. The van der Waals surface area contributed by atoms with E-state index < -0.39 is 0 Å². The van der Waals surface area contributed by atoms with Crippen LogP contribution in [0.15, 0.2) is 0 Å². The van der Waals surface area contributed by atoms with Gasteiger partial charge in [0.2, 0.25) is 0 Å². The van der Waals surface area contributed by atoms with E-state index in [0.29, 0.717) is 23.7 Å². The third-order valence-electron chi connectivity index (χ3n) is 14.7. The predicted octanol–water partition coefficient (Wildman–Crippen LogP) is 7.04. The van der Waals surface area contributed by atoms with Crippen molar-refractivity contribution in [2.75, 3.05) is 6.54 Å². The minimum absolute atomic E-state index is 0.0238. The Labute approximate surface area is 244 Å². The van der Waals surface area contributed by atoms with E-state index in [9.17, 15) is 9.90 Å². The van der Waals surface area contributed by atoms with E-state index in [1.54, 1.807) is 0 Å². The molecule has 4 aliphatic carbocycles. The van der Waals surface area contributed by atoms with E-state index in [4.69, 9.17) is 9.47 Å². The number of fused-ring (bicyclic) bond motifs is 5. The second-order valence-corrected chi connectivity index (χ2v) is 17.4. The van der Waals surface area contributed by atoms with Gasteiger partial charge in [-0.2, -0.15) is 0 Å². The van der Waals surface area contributed by atoms with Crippen LogP contribution in [0.5, 0.6) is 0 Å². The van der Waals surface area contributed by atoms with Gasteiger partial charge in [-0.1, -0.05) is 34.6 Å². The Morgan fingerprint density at radius 3 is 2.23 bits per heavy atom. The number of hydrogen-bond donors (Lipinski definition) is 2. The summed E-state index contributed by atoms with van der Waals surface area (Å²) in [6.07, 6.45) is 12.8. The van der Waals surface area contributed by atoms with Crippen molar-refractivity contribution in [1.82, 2.24) is 5.32 Å². The monoisotopic (exact) mass is 557 g/mol. The maximum Gasteiger partial charge on any atom is 0.323 e. The van der Waals surface area contributed by atoms with Crippen LogP contribution in [0.3, 0.4) is 0 Å². The molecule has 0 amide bonds. The Kier molecular flexibility index (Phi) is 6.93. The predicted molar refractivity (Wildman–Crippen MR) is 159 cm³/mol. The molecule has 0 radical (unpaired) electrons. The van der Waals surface area contributed by atoms with Crippen LogP contribution in [-0.4, -0.2) is 47.1 Å². The van der Waals surface area contributed by atoms with Gasteiger partial charge in [0.15, 0.2) is 0 Å². The Morgan fingerprint density at radius 1 is 0.825 bits per heavy atom. The minimum Gasteiger partial charge on any atom is -0.461 e. The Hall–Kier alpha value is -0.650. The van der Waals surface area contributed by atoms with Gasteiger partial charge in [-0.15, -0.1) is 0 Å². The molecule has 11 atom stereocenters. The Bertz CT molecular complexity index is 1000. The van der Waals surface area contributed by atoms with E-state index in [1.165, 1.54) is 32.1 Å². The summed E-state index contributed by atoms with van der Waals surface area (Å²) in [4.78, 5) is 13.0. The molecule has 4 saturated carbocycles. The molecule has 5 heteroatoms. The molecule has 6 rings (SSSR count). The van der Waals surface area contributed by atoms with Crippen LogP contribution < -0.4 is 5.32 Å². The first-order valence-electron chi connectivity index (χ1n) is 16.9. The number of carbonyl (C=O) groups is 1. The summed E-state index contributed by atoms with van der Waals surface area (Å²) in [7, 11) is 0. The highest BCUT2D eigenvalue weighted by Crippen LogP contribution is 2.76. The first kappa shape index (κ1) is 29.4. The normalized spacial score (nSPS) is 53.3. The second-order valence-electron chi connectivity index (χ2n) is 17.4. The summed E-state index contributed by atoms with van der Waals surface area (Å²) in [5, 5.41) is 15.5. The van der Waals surface area contributed by atoms with Gasteiger partial charge in [-0.3, -0.25) is 4.79 Å². The summed E-state index contributed by atoms with van der Waals surface area (Å²) in [5.41, 5.74) is 0.163. The summed E-state index contributed by atoms with van der Waals surface area (Å²) in [6, 6.07) is -0.125. The summed E-state index contributed by atoms with van der Waals surface area (Å²) >= 11 is 0. The Morgan fingerprint density at radius 2 is 1.55 bits per heavy atom. The number of aliphatic hydroxyl groups excluding tert-OH is 1. The molecule has 0 aromatic carbocycles. The van der Waals surface area contributed by atoms with Crippen LogP contribution in [0.2, 0.25) is 0 Å². The third-order valence-corrected chi connectivity index (χ3v) is 14.7. The highest BCUT2D eigenvalue weighted by Gasteiger charge is 2.72. The molecule has 0 bridgehead atoms. The summed E-state index contributed by atoms with van der Waals surface area (Å²) in [6.45, 7) is 20.3. The lowest BCUT2D eigenvalue weighted by Crippen LogP contribution is -2.67. The molecule has 6 aliphatic rings. The number of esters is 1. The quantitative estimate of drug-likeness (QED) is 0.364. The van der Waals surface area contributed by atoms with Crippen LogP contribution >= 0.6 is 0 Å². The van der Waals surface area contributed by atoms with Crippen LogP contribution in [0, 0.1) is 45.3 Å². The molecule has 40 heavy (non-hydrogen) atoms. The molecule has 228 valence electrons. The summed E-state index contributed by atoms with van der Waals surface area (Å²) < 4.78 is 13.2. The van der Waals surface area contributed by atoms with Crippen molar-refractivity contribution in [2.45, 2.75) is 162 Å². The first-order chi connectivity index (χ1) is 18.6. The number of aliphatic hydroxyl groups is 1. The smallest absolute Gasteiger partial charge is 0.323 e. The van der Waals surface area contributed by atoms with Gasteiger partial charge in [0.25, 0.3) is 0 Å². The van der Waals surface area contributed by atoms with Crippen LogP contribution in [0.25, 0.3) is 0 Å². The fourth-order valence-electron chi connectivity index (χ4n) is 12.6. The zero-order chi connectivity index (χ0) is 28.9. The lowest BCUT2D eigenvalue weighted by molar-refractivity contribution is -0.259. The maximum absolute atomic E-state index is 13.0. The van der Waals surface area contributed by atoms with Gasteiger partial charge in [0, 0.05) is 5.41 Å². The highest BCUT2D eigenvalue weighted by molar-refractivity contribution is 5.76. The van der Waals surface area contributed by atoms with Crippen molar-refractivity contribution in [2.24, 2.45) is 45.3 Å². The van der Waals surface area contributed by atoms with Crippen molar-refractivity contribution in [3.05, 3.63) is 0 Å². The van der Waals surface area contributed by atoms with Gasteiger partial charge >= 0.3 is 5.97 Å². The topological polar surface area (TPSA) is 67.8 Å². The molecular formula is C35H59NO4. The lowest BCUT2D eigenvalue weighted by Gasteiger charge is -2.70. The zero-order valence-corrected chi connectivity index (χ0v) is 26.9. The van der Waals surface area contributed by atoms with Crippen LogP contribution in [-0.2, 0) is 14.3 Å². The van der Waals surface area contributed by atoms with E-state index in [-0.39, 0.29) is 57.1 Å². The molecule has 2 saturated heterocycles. The number of nitrogens with one attached hydrogen (secondary N) is 1. The van der Waals surface area contributed by atoms with Crippen molar-refractivity contribution < 1.29 is 19.4 Å². The van der Waals surface area contributed by atoms with E-state index in [1.807, 2.05) is 0 Å². The van der Waals surface area contributed by atoms with Crippen LogP contribution in [0.1, 0.15) is 132 Å². The van der Waals surface area contributed by atoms with Gasteiger partial charge in [0.1, 0.15) is 12.1 Å². The average molecular weight is 558 g/mol. The standard InChI is InChI=1S/C35H59NO4/c1-30(2)15-10-16-35(8,40-30)22-12-18-34(7)28(22)24(37)21-26-32(5)17-14-27(39-29(38)23-11-9-20-36-23)31(3,4)25(32)13-19-33(26,34)6/h22-28,36-37H,9-21H2,1-8H3/t22-,23-,24+,25-,26+,27-,28-,32-,33+,34+,35+/m0/s1. The van der Waals surface area contributed by atoms with Crippen molar-refractivity contribution in [1.29, 1.82) is 0 Å². The van der Waals surface area contributed by atoms with Crippen molar-refractivity contribution in [3.8, 4) is 0 Å². The van der Waals surface area contributed by atoms with Crippen molar-refractivity contribution in [3.63, 3.8) is 0 Å². The Balaban J connectivity index is 1.27. The molecule has 0 aromatic rings. The molecule has 6 fully saturated rings. The fraction of sp³-hybridized carbons (Fsp3) is 0.971. The number of hydrogen-bond acceptors (Lipinski definition) is 5. The molecule has 0 unspecified atom stereocenters. The van der Waals surface area contributed by atoms with Crippen molar-refractivity contribution >= 4 is 5.97 Å². The fourth-order valence-corrected chi connectivity index (χ4v) is 12.6. The molecule has 0 aromatic heterocycles. The summed E-state index contributed by atoms with van der Waals surface area (Å²) in [5.74, 6) is 1.66. The maximum atomic E-state index is 13.0. The first-order valence-corrected chi connectivity index (χ1v) is 16.9. The van der Waals surface area contributed by atoms with E-state index >= 15 is 0 Å². The minimum atomic E-state index is -0.274. The third kappa shape index (κ3) is 4.13. The number of ether oxygens (including phenoxy) is 2. The van der Waals surface area contributed by atoms with Gasteiger partial charge in [-0.05, 0) is 144 Å². The molecular weight excluding hydrogens is 498 g/mol. The molecule has 2 heterocycles. The van der Waals surface area contributed by atoms with Gasteiger partial charge in [-0.25, -0.2) is 0 Å². The second kappa shape index (κ2) is 9.42. The van der Waals surface area contributed by atoms with E-state index in [2.05, 4.69) is 60.7 Å². The average Bonchev–Trinajstić information content (AvgIpc) is 3.51. The SMILES string of the molecule is CC1(C)CCC[C@](C)([C@H]2CC[C@]3(C)[C@@H]2[C@H](O)C[C@@H]2[C@@]4(C)CC[C@H](OC(=O)[C@@H]5CCCN5)C(C)(C)[C@@H]4CC[C@]23C)O1.